The highest BCUT2D eigenvalue weighted by molar-refractivity contribution is 6.09. The normalized spacial score (nSPS) is 12.0. The average Bonchev–Trinajstić information content (AvgIpc) is 2.65. The molecule has 6 N–H and O–H groups in total. The fourth-order valence-corrected chi connectivity index (χ4v) is 2.90. The van der Waals surface area contributed by atoms with Gasteiger partial charge in [0, 0.05) is 24.1 Å². The topological polar surface area (TPSA) is 171 Å². The second kappa shape index (κ2) is 7.64. The predicted octanol–water partition coefficient (Wildman–Crippen LogP) is 1.95. The minimum Gasteiger partial charge on any atom is -0.508 e. The van der Waals surface area contributed by atoms with E-state index < -0.39 is 40.3 Å². The van der Waals surface area contributed by atoms with Gasteiger partial charge in [-0.2, -0.15) is 0 Å². The standard InChI is InChI=1S/C20H17NO8/c21-11(5-6-16(25)26)19(27)18-13(24)8-15-17(20(18)28)12(23)7-14(29-15)9-1-3-10(22)4-2-9/h1-4,7-8,11,22,24,28H,5-6,21H2,(H,25,26)/t11-/m0/s1. The highest BCUT2D eigenvalue weighted by Gasteiger charge is 2.27. The lowest BCUT2D eigenvalue weighted by Gasteiger charge is -2.13. The Balaban J connectivity index is 2.09. The van der Waals surface area contributed by atoms with E-state index in [1.54, 1.807) is 0 Å². The summed E-state index contributed by atoms with van der Waals surface area (Å²) in [6.07, 6.45) is -0.584. The van der Waals surface area contributed by atoms with E-state index in [0.717, 1.165) is 12.1 Å². The maximum absolute atomic E-state index is 12.6. The van der Waals surface area contributed by atoms with Gasteiger partial charge in [0.1, 0.15) is 39.5 Å². The maximum Gasteiger partial charge on any atom is 0.303 e. The minimum atomic E-state index is -1.29. The quantitative estimate of drug-likeness (QED) is 0.388. The van der Waals surface area contributed by atoms with Gasteiger partial charge in [0.15, 0.2) is 11.2 Å². The van der Waals surface area contributed by atoms with Gasteiger partial charge in [0.2, 0.25) is 0 Å². The first-order valence-electron chi connectivity index (χ1n) is 8.52. The summed E-state index contributed by atoms with van der Waals surface area (Å²) in [4.78, 5) is 35.7. The Labute approximate surface area is 163 Å². The number of phenolic OH excluding ortho intramolecular Hbond substituents is 3. The first kappa shape index (κ1) is 19.9. The molecule has 9 heteroatoms. The molecular formula is C20H17NO8. The van der Waals surface area contributed by atoms with Crippen LogP contribution in [0.1, 0.15) is 23.2 Å². The zero-order valence-corrected chi connectivity index (χ0v) is 15.0. The van der Waals surface area contributed by atoms with E-state index in [1.807, 2.05) is 0 Å². The number of fused-ring (bicyclic) bond motifs is 1. The van der Waals surface area contributed by atoms with Crippen molar-refractivity contribution in [2.24, 2.45) is 5.73 Å². The van der Waals surface area contributed by atoms with Crippen LogP contribution in [0, 0.1) is 0 Å². The molecule has 29 heavy (non-hydrogen) atoms. The molecule has 0 aliphatic rings. The number of nitrogens with two attached hydrogens (primary N) is 1. The van der Waals surface area contributed by atoms with Crippen LogP contribution in [0.25, 0.3) is 22.3 Å². The molecule has 0 saturated heterocycles. The Morgan fingerprint density at radius 1 is 1.07 bits per heavy atom. The van der Waals surface area contributed by atoms with E-state index in [2.05, 4.69) is 0 Å². The monoisotopic (exact) mass is 399 g/mol. The number of carbonyl (C=O) groups is 2. The lowest BCUT2D eigenvalue weighted by Crippen LogP contribution is -2.31. The van der Waals surface area contributed by atoms with Crippen LogP contribution in [-0.4, -0.2) is 38.2 Å². The molecule has 0 saturated carbocycles. The van der Waals surface area contributed by atoms with Crippen LogP contribution in [0.15, 0.2) is 45.6 Å². The minimum absolute atomic E-state index is 0.0227. The summed E-state index contributed by atoms with van der Waals surface area (Å²) in [6.45, 7) is 0. The number of carboxylic acid groups (broad SMARTS) is 1. The highest BCUT2D eigenvalue weighted by Crippen LogP contribution is 2.36. The summed E-state index contributed by atoms with van der Waals surface area (Å²) < 4.78 is 5.58. The van der Waals surface area contributed by atoms with E-state index >= 15 is 0 Å². The molecule has 0 aliphatic heterocycles. The van der Waals surface area contributed by atoms with Crippen LogP contribution in [0.2, 0.25) is 0 Å². The Bertz CT molecular complexity index is 1160. The van der Waals surface area contributed by atoms with Gasteiger partial charge >= 0.3 is 5.97 Å². The molecular weight excluding hydrogens is 382 g/mol. The van der Waals surface area contributed by atoms with Crippen LogP contribution in [0.5, 0.6) is 17.2 Å². The largest absolute Gasteiger partial charge is 0.508 e. The number of aromatic hydroxyl groups is 3. The molecule has 3 aromatic rings. The van der Waals surface area contributed by atoms with E-state index in [4.69, 9.17) is 15.3 Å². The fraction of sp³-hybridized carbons (Fsp3) is 0.150. The molecule has 1 atom stereocenters. The third kappa shape index (κ3) is 3.90. The van der Waals surface area contributed by atoms with Crippen LogP contribution in [-0.2, 0) is 4.79 Å². The summed E-state index contributed by atoms with van der Waals surface area (Å²) in [5.74, 6) is -3.35. The highest BCUT2D eigenvalue weighted by atomic mass is 16.4. The first-order chi connectivity index (χ1) is 13.7. The molecule has 0 fully saturated rings. The van der Waals surface area contributed by atoms with Crippen molar-refractivity contribution in [3.63, 3.8) is 0 Å². The van der Waals surface area contributed by atoms with Crippen molar-refractivity contribution < 1.29 is 34.4 Å². The Kier molecular flexibility index (Phi) is 5.24. The molecule has 1 aromatic heterocycles. The van der Waals surface area contributed by atoms with Gasteiger partial charge in [0.25, 0.3) is 0 Å². The molecule has 1 heterocycles. The van der Waals surface area contributed by atoms with Gasteiger partial charge in [-0.15, -0.1) is 0 Å². The number of hydrogen-bond donors (Lipinski definition) is 5. The number of ketones is 1. The molecule has 9 nitrogen and oxygen atoms in total. The number of carboxylic acids is 1. The van der Waals surface area contributed by atoms with Gasteiger partial charge in [-0.1, -0.05) is 0 Å². The molecule has 150 valence electrons. The van der Waals surface area contributed by atoms with Gasteiger partial charge in [-0.05, 0) is 30.7 Å². The zero-order valence-electron chi connectivity index (χ0n) is 15.0. The molecule has 0 amide bonds. The van der Waals surface area contributed by atoms with Crippen molar-refractivity contribution in [1.29, 1.82) is 0 Å². The second-order valence-corrected chi connectivity index (χ2v) is 6.42. The molecule has 0 spiro atoms. The van der Waals surface area contributed by atoms with Gasteiger partial charge < -0.3 is 30.6 Å². The Hall–Kier alpha value is -3.85. The molecule has 0 unspecified atom stereocenters. The Morgan fingerprint density at radius 2 is 1.72 bits per heavy atom. The molecule has 3 rings (SSSR count). The lowest BCUT2D eigenvalue weighted by molar-refractivity contribution is -0.137. The van der Waals surface area contributed by atoms with Crippen LogP contribution in [0.4, 0.5) is 0 Å². The number of Topliss-reactive ketones (excluding diaryl/α,β-unsaturated/α-hetero) is 1. The first-order valence-corrected chi connectivity index (χ1v) is 8.52. The molecule has 2 aromatic carbocycles. The number of phenols is 3. The molecule has 0 radical (unpaired) electrons. The van der Waals surface area contributed by atoms with E-state index in [0.29, 0.717) is 5.56 Å². The second-order valence-electron chi connectivity index (χ2n) is 6.42. The van der Waals surface area contributed by atoms with E-state index in [9.17, 15) is 29.7 Å². The maximum atomic E-state index is 12.6. The van der Waals surface area contributed by atoms with Crippen molar-refractivity contribution in [1.82, 2.24) is 0 Å². The van der Waals surface area contributed by atoms with E-state index in [-0.39, 0.29) is 35.3 Å². The lowest BCUT2D eigenvalue weighted by atomic mass is 9.97. The van der Waals surface area contributed by atoms with Crippen molar-refractivity contribution in [2.75, 3.05) is 0 Å². The number of rotatable bonds is 6. The van der Waals surface area contributed by atoms with Gasteiger partial charge in [0.05, 0.1) is 6.04 Å². The number of hydrogen-bond acceptors (Lipinski definition) is 8. The summed E-state index contributed by atoms with van der Waals surface area (Å²) >= 11 is 0. The van der Waals surface area contributed by atoms with Crippen LogP contribution < -0.4 is 11.2 Å². The summed E-state index contributed by atoms with van der Waals surface area (Å²) in [5, 5.41) is 38.4. The summed E-state index contributed by atoms with van der Waals surface area (Å²) in [7, 11) is 0. The third-order valence-corrected chi connectivity index (χ3v) is 4.38. The van der Waals surface area contributed by atoms with Gasteiger partial charge in [-0.25, -0.2) is 0 Å². The number of carbonyl (C=O) groups excluding carboxylic acids is 1. The predicted molar refractivity (Wildman–Crippen MR) is 102 cm³/mol. The summed E-state index contributed by atoms with van der Waals surface area (Å²) in [5.41, 5.74) is 4.74. The SMILES string of the molecule is N[C@@H](CCC(=O)O)C(=O)c1c(O)cc2oc(-c3ccc(O)cc3)cc(=O)c2c1O. The van der Waals surface area contributed by atoms with Gasteiger partial charge in [-0.3, -0.25) is 14.4 Å². The van der Waals surface area contributed by atoms with E-state index in [1.165, 1.54) is 24.3 Å². The van der Waals surface area contributed by atoms with Crippen LogP contribution in [0.3, 0.4) is 0 Å². The molecule has 0 bridgehead atoms. The van der Waals surface area contributed by atoms with Crippen molar-refractivity contribution >= 4 is 22.7 Å². The van der Waals surface area contributed by atoms with Crippen molar-refractivity contribution in [2.45, 2.75) is 18.9 Å². The number of benzene rings is 2. The smallest absolute Gasteiger partial charge is 0.303 e. The number of aliphatic carboxylic acids is 1. The Morgan fingerprint density at radius 3 is 2.34 bits per heavy atom. The average molecular weight is 399 g/mol. The third-order valence-electron chi connectivity index (χ3n) is 4.38. The zero-order chi connectivity index (χ0) is 21.3. The van der Waals surface area contributed by atoms with Crippen LogP contribution >= 0.6 is 0 Å². The molecule has 0 aliphatic carbocycles. The van der Waals surface area contributed by atoms with Crippen molar-refractivity contribution in [3.8, 4) is 28.6 Å². The summed E-state index contributed by atoms with van der Waals surface area (Å²) in [6, 6.07) is 6.64. The van der Waals surface area contributed by atoms with Crippen molar-refractivity contribution in [3.05, 3.63) is 52.2 Å². The fourth-order valence-electron chi connectivity index (χ4n) is 2.90.